The summed E-state index contributed by atoms with van der Waals surface area (Å²) in [6.07, 6.45) is 3.35. The molecule has 1 aromatic carbocycles. The Kier molecular flexibility index (Phi) is 1.91. The van der Waals surface area contributed by atoms with Gasteiger partial charge in [-0.2, -0.15) is 0 Å². The molecule has 2 rings (SSSR count). The van der Waals surface area contributed by atoms with Crippen molar-refractivity contribution in [3.05, 3.63) is 35.6 Å². The molecule has 0 atom stereocenters. The molecular formula is C11H11FO. The van der Waals surface area contributed by atoms with Crippen LogP contribution in [0.1, 0.15) is 18.4 Å². The minimum Gasteiger partial charge on any atom is -0.303 e. The fourth-order valence-corrected chi connectivity index (χ4v) is 1.52. The van der Waals surface area contributed by atoms with E-state index in [1.54, 1.807) is 18.2 Å². The summed E-state index contributed by atoms with van der Waals surface area (Å²) in [5.41, 5.74) is 0.425. The molecule has 0 bridgehead atoms. The van der Waals surface area contributed by atoms with Crippen LogP contribution in [0.2, 0.25) is 0 Å². The van der Waals surface area contributed by atoms with Crippen molar-refractivity contribution in [2.75, 3.05) is 0 Å². The molecule has 2 heteroatoms. The van der Waals surface area contributed by atoms with Gasteiger partial charge in [-0.25, -0.2) is 4.39 Å². The van der Waals surface area contributed by atoms with Crippen molar-refractivity contribution < 1.29 is 9.18 Å². The molecule has 1 fully saturated rings. The third-order valence-electron chi connectivity index (χ3n) is 2.64. The van der Waals surface area contributed by atoms with Crippen LogP contribution in [-0.2, 0) is 11.2 Å². The van der Waals surface area contributed by atoms with Gasteiger partial charge in [-0.3, -0.25) is 0 Å². The molecular weight excluding hydrogens is 167 g/mol. The molecule has 1 nitrogen and oxygen atoms in total. The van der Waals surface area contributed by atoms with Gasteiger partial charge in [-0.05, 0) is 30.9 Å². The van der Waals surface area contributed by atoms with E-state index in [9.17, 15) is 9.18 Å². The van der Waals surface area contributed by atoms with Crippen LogP contribution >= 0.6 is 0 Å². The van der Waals surface area contributed by atoms with E-state index in [1.165, 1.54) is 6.07 Å². The van der Waals surface area contributed by atoms with Crippen molar-refractivity contribution >= 4 is 6.29 Å². The first-order valence-electron chi connectivity index (χ1n) is 4.45. The quantitative estimate of drug-likeness (QED) is 0.649. The van der Waals surface area contributed by atoms with E-state index >= 15 is 0 Å². The van der Waals surface area contributed by atoms with E-state index in [0.29, 0.717) is 12.0 Å². The van der Waals surface area contributed by atoms with Gasteiger partial charge >= 0.3 is 0 Å². The van der Waals surface area contributed by atoms with Gasteiger partial charge in [0.25, 0.3) is 0 Å². The second kappa shape index (κ2) is 2.95. The molecule has 0 N–H and O–H groups in total. The lowest BCUT2D eigenvalue weighted by atomic mass is 9.98. The van der Waals surface area contributed by atoms with Crippen LogP contribution < -0.4 is 0 Å². The molecule has 1 saturated carbocycles. The molecule has 0 amide bonds. The van der Waals surface area contributed by atoms with Crippen LogP contribution in [0, 0.1) is 11.2 Å². The number of carbonyl (C=O) groups is 1. The molecule has 0 unspecified atom stereocenters. The standard InChI is InChI=1S/C11H11FO/c12-10-4-2-1-3-9(10)7-11(8-13)5-6-11/h1-4,8H,5-7H2. The monoisotopic (exact) mass is 178 g/mol. The van der Waals surface area contributed by atoms with Crippen molar-refractivity contribution in [3.8, 4) is 0 Å². The zero-order valence-corrected chi connectivity index (χ0v) is 7.29. The maximum Gasteiger partial charge on any atom is 0.126 e. The van der Waals surface area contributed by atoms with Crippen LogP contribution in [-0.4, -0.2) is 6.29 Å². The second-order valence-electron chi connectivity index (χ2n) is 3.75. The van der Waals surface area contributed by atoms with E-state index < -0.39 is 0 Å². The topological polar surface area (TPSA) is 17.1 Å². The Morgan fingerprint density at radius 2 is 2.08 bits per heavy atom. The van der Waals surface area contributed by atoms with Crippen LogP contribution in [0.15, 0.2) is 24.3 Å². The van der Waals surface area contributed by atoms with Gasteiger partial charge in [0.05, 0.1) is 0 Å². The van der Waals surface area contributed by atoms with Crippen molar-refractivity contribution in [2.45, 2.75) is 19.3 Å². The summed E-state index contributed by atoms with van der Waals surface area (Å²) < 4.78 is 13.2. The SMILES string of the molecule is O=CC1(Cc2ccccc2F)CC1. The highest BCUT2D eigenvalue weighted by Gasteiger charge is 2.42. The largest absolute Gasteiger partial charge is 0.303 e. The zero-order chi connectivity index (χ0) is 9.31. The first kappa shape index (κ1) is 8.42. The maximum absolute atomic E-state index is 13.2. The summed E-state index contributed by atoms with van der Waals surface area (Å²) in [5.74, 6) is -0.198. The summed E-state index contributed by atoms with van der Waals surface area (Å²) in [6, 6.07) is 6.66. The average Bonchev–Trinajstić information content (AvgIpc) is 2.90. The molecule has 0 aromatic heterocycles. The highest BCUT2D eigenvalue weighted by atomic mass is 19.1. The Morgan fingerprint density at radius 1 is 1.38 bits per heavy atom. The first-order valence-corrected chi connectivity index (χ1v) is 4.45. The summed E-state index contributed by atoms with van der Waals surface area (Å²) in [7, 11) is 0. The molecule has 1 aliphatic carbocycles. The lowest BCUT2D eigenvalue weighted by molar-refractivity contribution is -0.112. The molecule has 0 saturated heterocycles. The number of carbonyl (C=O) groups excluding carboxylic acids is 1. The van der Waals surface area contributed by atoms with Crippen LogP contribution in [0.4, 0.5) is 4.39 Å². The summed E-state index contributed by atoms with van der Waals surface area (Å²) in [4.78, 5) is 10.7. The lowest BCUT2D eigenvalue weighted by Crippen LogP contribution is -2.07. The molecule has 0 spiro atoms. The zero-order valence-electron chi connectivity index (χ0n) is 7.29. The van der Waals surface area contributed by atoms with Gasteiger partial charge in [0.15, 0.2) is 0 Å². The summed E-state index contributed by atoms with van der Waals surface area (Å²) in [5, 5.41) is 0. The number of benzene rings is 1. The minimum absolute atomic E-state index is 0.198. The molecule has 0 heterocycles. The predicted octanol–water partition coefficient (Wildman–Crippen LogP) is 2.35. The Labute approximate surface area is 76.6 Å². The van der Waals surface area contributed by atoms with Gasteiger partial charge in [-0.1, -0.05) is 18.2 Å². The first-order chi connectivity index (χ1) is 6.26. The van der Waals surface area contributed by atoms with Gasteiger partial charge in [-0.15, -0.1) is 0 Å². The molecule has 1 aliphatic rings. The van der Waals surface area contributed by atoms with Gasteiger partial charge in [0.1, 0.15) is 12.1 Å². The Bertz CT molecular complexity index is 329. The average molecular weight is 178 g/mol. The fourth-order valence-electron chi connectivity index (χ4n) is 1.52. The van der Waals surface area contributed by atoms with Gasteiger partial charge < -0.3 is 4.79 Å². The smallest absolute Gasteiger partial charge is 0.126 e. The Morgan fingerprint density at radius 3 is 2.62 bits per heavy atom. The van der Waals surface area contributed by atoms with E-state index in [-0.39, 0.29) is 11.2 Å². The Hall–Kier alpha value is -1.18. The molecule has 1 aromatic rings. The van der Waals surface area contributed by atoms with E-state index in [0.717, 1.165) is 19.1 Å². The number of aldehydes is 1. The number of halogens is 1. The number of hydrogen-bond donors (Lipinski definition) is 0. The number of rotatable bonds is 3. The van der Waals surface area contributed by atoms with Crippen molar-refractivity contribution in [2.24, 2.45) is 5.41 Å². The van der Waals surface area contributed by atoms with Crippen LogP contribution in [0.5, 0.6) is 0 Å². The molecule has 0 aliphatic heterocycles. The molecule has 0 radical (unpaired) electrons. The van der Waals surface area contributed by atoms with E-state index in [1.807, 2.05) is 0 Å². The minimum atomic E-state index is -0.234. The predicted molar refractivity (Wildman–Crippen MR) is 47.8 cm³/mol. The van der Waals surface area contributed by atoms with Gasteiger partial charge in [0.2, 0.25) is 0 Å². The second-order valence-corrected chi connectivity index (χ2v) is 3.75. The normalized spacial score (nSPS) is 18.2. The highest BCUT2D eigenvalue weighted by Crippen LogP contribution is 2.46. The lowest BCUT2D eigenvalue weighted by Gasteiger charge is -2.06. The Balaban J connectivity index is 2.18. The molecule has 68 valence electrons. The number of hydrogen-bond acceptors (Lipinski definition) is 1. The van der Waals surface area contributed by atoms with Crippen molar-refractivity contribution in [3.63, 3.8) is 0 Å². The summed E-state index contributed by atoms with van der Waals surface area (Å²) >= 11 is 0. The van der Waals surface area contributed by atoms with Crippen molar-refractivity contribution in [1.82, 2.24) is 0 Å². The van der Waals surface area contributed by atoms with Gasteiger partial charge in [0, 0.05) is 5.41 Å². The third kappa shape index (κ3) is 1.62. The van der Waals surface area contributed by atoms with Crippen molar-refractivity contribution in [1.29, 1.82) is 0 Å². The fraction of sp³-hybridized carbons (Fsp3) is 0.364. The highest BCUT2D eigenvalue weighted by molar-refractivity contribution is 5.64. The van der Waals surface area contributed by atoms with E-state index in [2.05, 4.69) is 0 Å². The van der Waals surface area contributed by atoms with Crippen LogP contribution in [0.25, 0.3) is 0 Å². The third-order valence-corrected chi connectivity index (χ3v) is 2.64. The maximum atomic E-state index is 13.2. The van der Waals surface area contributed by atoms with E-state index in [4.69, 9.17) is 0 Å². The molecule has 13 heavy (non-hydrogen) atoms. The van der Waals surface area contributed by atoms with Crippen LogP contribution in [0.3, 0.4) is 0 Å². The summed E-state index contributed by atoms with van der Waals surface area (Å²) in [6.45, 7) is 0.